The summed E-state index contributed by atoms with van der Waals surface area (Å²) in [6, 6.07) is 4.41. The molecule has 0 radical (unpaired) electrons. The molecule has 3 N–H and O–H groups in total. The van der Waals surface area contributed by atoms with Crippen LogP contribution in [0.5, 0.6) is 0 Å². The predicted octanol–water partition coefficient (Wildman–Crippen LogP) is 2.22. The van der Waals surface area contributed by atoms with Crippen molar-refractivity contribution in [2.45, 2.75) is 0 Å². The van der Waals surface area contributed by atoms with Gasteiger partial charge in [0.25, 0.3) is 5.69 Å². The van der Waals surface area contributed by atoms with Gasteiger partial charge in [-0.3, -0.25) is 10.1 Å². The van der Waals surface area contributed by atoms with Crippen LogP contribution in [0.15, 0.2) is 24.4 Å². The quantitative estimate of drug-likeness (QED) is 0.619. The molecule has 0 aliphatic heterocycles. The lowest BCUT2D eigenvalue weighted by Crippen LogP contribution is -1.89. The molecule has 0 aliphatic rings. The highest BCUT2D eigenvalue weighted by atomic mass is 35.5. The van der Waals surface area contributed by atoms with Crippen LogP contribution in [0.2, 0.25) is 5.02 Å². The third-order valence-corrected chi connectivity index (χ3v) is 2.35. The molecule has 1 aromatic heterocycles. The fraction of sp³-hybridized carbons (Fsp3) is 0. The molecular formula is C9H7ClN4O2. The molecule has 1 heterocycles. The average Bonchev–Trinajstić information content (AvgIpc) is 2.64. The van der Waals surface area contributed by atoms with Crippen LogP contribution in [0.25, 0.3) is 11.3 Å². The van der Waals surface area contributed by atoms with Crippen LogP contribution in [0, 0.1) is 10.1 Å². The minimum Gasteiger partial charge on any atom is -0.369 e. The van der Waals surface area contributed by atoms with Crippen molar-refractivity contribution in [2.24, 2.45) is 0 Å². The molecule has 0 bridgehead atoms. The van der Waals surface area contributed by atoms with Gasteiger partial charge in [0.15, 0.2) is 5.95 Å². The normalized spacial score (nSPS) is 10.3. The van der Waals surface area contributed by atoms with Crippen molar-refractivity contribution in [3.05, 3.63) is 39.5 Å². The Morgan fingerprint density at radius 2 is 2.25 bits per heavy atom. The molecule has 2 rings (SSSR count). The number of nitro benzene ring substituents is 1. The summed E-state index contributed by atoms with van der Waals surface area (Å²) in [7, 11) is 0. The van der Waals surface area contributed by atoms with Crippen LogP contribution in [0.4, 0.5) is 11.6 Å². The molecule has 6 nitrogen and oxygen atoms in total. The Balaban J connectivity index is 2.45. The van der Waals surface area contributed by atoms with Gasteiger partial charge in [-0.05, 0) is 12.1 Å². The Morgan fingerprint density at radius 1 is 1.50 bits per heavy atom. The van der Waals surface area contributed by atoms with Crippen LogP contribution >= 0.6 is 11.6 Å². The first kappa shape index (κ1) is 10.4. The van der Waals surface area contributed by atoms with E-state index < -0.39 is 4.92 Å². The van der Waals surface area contributed by atoms with Crippen LogP contribution < -0.4 is 5.73 Å². The van der Waals surface area contributed by atoms with E-state index in [9.17, 15) is 10.1 Å². The number of imidazole rings is 1. The second-order valence-corrected chi connectivity index (χ2v) is 3.51. The van der Waals surface area contributed by atoms with Gasteiger partial charge in [-0.2, -0.15) is 0 Å². The zero-order valence-electron chi connectivity index (χ0n) is 7.98. The minimum absolute atomic E-state index is 0.0793. The zero-order chi connectivity index (χ0) is 11.7. The highest BCUT2D eigenvalue weighted by Gasteiger charge is 2.13. The molecule has 16 heavy (non-hydrogen) atoms. The molecule has 0 amide bonds. The number of halogens is 1. The summed E-state index contributed by atoms with van der Waals surface area (Å²) in [6.45, 7) is 0. The SMILES string of the molecule is Nc1ncc(-c2ccc([N+](=O)[O-])c(Cl)c2)[nH]1. The van der Waals surface area contributed by atoms with E-state index in [1.807, 2.05) is 0 Å². The summed E-state index contributed by atoms with van der Waals surface area (Å²) in [6.07, 6.45) is 1.53. The van der Waals surface area contributed by atoms with Crippen molar-refractivity contribution in [3.8, 4) is 11.3 Å². The van der Waals surface area contributed by atoms with Crippen molar-refractivity contribution in [1.82, 2.24) is 9.97 Å². The second-order valence-electron chi connectivity index (χ2n) is 3.11. The molecule has 0 atom stereocenters. The molecule has 7 heteroatoms. The molecule has 0 spiro atoms. The van der Waals surface area contributed by atoms with Gasteiger partial charge < -0.3 is 10.7 Å². The van der Waals surface area contributed by atoms with E-state index in [0.29, 0.717) is 11.3 Å². The van der Waals surface area contributed by atoms with Crippen LogP contribution in [-0.2, 0) is 0 Å². The lowest BCUT2D eigenvalue weighted by atomic mass is 10.1. The molecule has 0 saturated carbocycles. The van der Waals surface area contributed by atoms with Crippen molar-refractivity contribution < 1.29 is 4.92 Å². The van der Waals surface area contributed by atoms with Gasteiger partial charge >= 0.3 is 0 Å². The molecule has 0 unspecified atom stereocenters. The van der Waals surface area contributed by atoms with E-state index in [4.69, 9.17) is 17.3 Å². The van der Waals surface area contributed by atoms with Gasteiger partial charge in [0.2, 0.25) is 0 Å². The number of anilines is 1. The van der Waals surface area contributed by atoms with Crippen LogP contribution in [-0.4, -0.2) is 14.9 Å². The number of hydrogen-bond donors (Lipinski definition) is 2. The number of nitrogen functional groups attached to an aromatic ring is 1. The summed E-state index contributed by atoms with van der Waals surface area (Å²) in [5.41, 5.74) is 6.65. The van der Waals surface area contributed by atoms with Gasteiger partial charge in [0.05, 0.1) is 16.8 Å². The first-order chi connectivity index (χ1) is 7.58. The van der Waals surface area contributed by atoms with E-state index in [1.165, 1.54) is 18.3 Å². The van der Waals surface area contributed by atoms with Crippen molar-refractivity contribution in [3.63, 3.8) is 0 Å². The van der Waals surface area contributed by atoms with Gasteiger partial charge in [0, 0.05) is 11.6 Å². The molecular weight excluding hydrogens is 232 g/mol. The Kier molecular flexibility index (Phi) is 2.49. The summed E-state index contributed by atoms with van der Waals surface area (Å²) in [5, 5.41) is 10.6. The Morgan fingerprint density at radius 3 is 2.75 bits per heavy atom. The van der Waals surface area contributed by atoms with E-state index in [1.54, 1.807) is 6.07 Å². The monoisotopic (exact) mass is 238 g/mol. The van der Waals surface area contributed by atoms with E-state index in [0.717, 1.165) is 0 Å². The predicted molar refractivity (Wildman–Crippen MR) is 60.1 cm³/mol. The molecule has 1 aromatic carbocycles. The Hall–Kier alpha value is -2.08. The second kappa shape index (κ2) is 3.82. The number of nitrogens with zero attached hydrogens (tertiary/aromatic N) is 2. The first-order valence-corrected chi connectivity index (χ1v) is 4.70. The fourth-order valence-corrected chi connectivity index (χ4v) is 1.56. The highest BCUT2D eigenvalue weighted by molar-refractivity contribution is 6.32. The maximum atomic E-state index is 10.6. The number of aromatic nitrogens is 2. The van der Waals surface area contributed by atoms with Gasteiger partial charge in [-0.15, -0.1) is 0 Å². The first-order valence-electron chi connectivity index (χ1n) is 4.32. The molecule has 0 fully saturated rings. The highest BCUT2D eigenvalue weighted by Crippen LogP contribution is 2.29. The number of benzene rings is 1. The molecule has 2 aromatic rings. The summed E-state index contributed by atoms with van der Waals surface area (Å²) in [5.74, 6) is 0.282. The largest absolute Gasteiger partial charge is 0.369 e. The third kappa shape index (κ3) is 1.82. The van der Waals surface area contributed by atoms with Gasteiger partial charge in [0.1, 0.15) is 5.02 Å². The van der Waals surface area contributed by atoms with E-state index >= 15 is 0 Å². The number of nitrogens with one attached hydrogen (secondary N) is 1. The number of H-pyrrole nitrogens is 1. The molecule has 82 valence electrons. The Labute approximate surface area is 95.2 Å². The fourth-order valence-electron chi connectivity index (χ4n) is 1.31. The summed E-state index contributed by atoms with van der Waals surface area (Å²) < 4.78 is 0. The Bertz CT molecular complexity index is 552. The number of aromatic amines is 1. The zero-order valence-corrected chi connectivity index (χ0v) is 8.73. The lowest BCUT2D eigenvalue weighted by molar-refractivity contribution is -0.384. The number of hydrogen-bond acceptors (Lipinski definition) is 4. The summed E-state index contributed by atoms with van der Waals surface area (Å²) in [4.78, 5) is 16.7. The van der Waals surface area contributed by atoms with Crippen molar-refractivity contribution >= 4 is 23.2 Å². The van der Waals surface area contributed by atoms with Crippen molar-refractivity contribution in [2.75, 3.05) is 5.73 Å². The van der Waals surface area contributed by atoms with E-state index in [-0.39, 0.29) is 16.7 Å². The van der Waals surface area contributed by atoms with Crippen molar-refractivity contribution in [1.29, 1.82) is 0 Å². The topological polar surface area (TPSA) is 97.8 Å². The summed E-state index contributed by atoms with van der Waals surface area (Å²) >= 11 is 5.77. The molecule has 0 saturated heterocycles. The van der Waals surface area contributed by atoms with Gasteiger partial charge in [-0.25, -0.2) is 4.98 Å². The number of rotatable bonds is 2. The van der Waals surface area contributed by atoms with Crippen LogP contribution in [0.1, 0.15) is 0 Å². The minimum atomic E-state index is -0.534. The lowest BCUT2D eigenvalue weighted by Gasteiger charge is -1.99. The smallest absolute Gasteiger partial charge is 0.287 e. The van der Waals surface area contributed by atoms with Gasteiger partial charge in [-0.1, -0.05) is 11.6 Å². The molecule has 0 aliphatic carbocycles. The number of nitrogens with two attached hydrogens (primary N) is 1. The van der Waals surface area contributed by atoms with E-state index in [2.05, 4.69) is 9.97 Å². The number of nitro groups is 1. The average molecular weight is 239 g/mol. The third-order valence-electron chi connectivity index (χ3n) is 2.05. The maximum Gasteiger partial charge on any atom is 0.287 e. The standard InChI is InChI=1S/C9H7ClN4O2/c10-6-3-5(1-2-8(6)14(15)16)7-4-12-9(11)13-7/h1-4H,(H3,11,12,13). The van der Waals surface area contributed by atoms with Crippen LogP contribution in [0.3, 0.4) is 0 Å². The maximum absolute atomic E-state index is 10.6.